The number of hydrogen-bond acceptors (Lipinski definition) is 7. The van der Waals surface area contributed by atoms with Gasteiger partial charge in [0.2, 0.25) is 0 Å². The molecule has 0 radical (unpaired) electrons. The minimum Gasteiger partial charge on any atom is -0.289 e. The summed E-state index contributed by atoms with van der Waals surface area (Å²) in [6.45, 7) is 0.423. The van der Waals surface area contributed by atoms with Crippen molar-refractivity contribution in [2.75, 3.05) is 0 Å². The van der Waals surface area contributed by atoms with Gasteiger partial charge in [-0.3, -0.25) is 15.2 Å². The van der Waals surface area contributed by atoms with Crippen molar-refractivity contribution in [2.24, 2.45) is 0 Å². The summed E-state index contributed by atoms with van der Waals surface area (Å²) in [4.78, 5) is 12.8. The molecule has 1 heterocycles. The Bertz CT molecular complexity index is 903. The molecule has 25 heavy (non-hydrogen) atoms. The van der Waals surface area contributed by atoms with Gasteiger partial charge in [-0.15, -0.1) is 11.3 Å². The molecule has 0 aliphatic heterocycles. The molecule has 1 aromatic heterocycles. The quantitative estimate of drug-likeness (QED) is 0.261. The average molecular weight is 440 g/mol. The molecule has 0 saturated heterocycles. The molecule has 0 aliphatic rings. The Hall–Kier alpha value is -1.46. The van der Waals surface area contributed by atoms with Gasteiger partial charge < -0.3 is 0 Å². The van der Waals surface area contributed by atoms with Gasteiger partial charge in [-0.2, -0.15) is 0 Å². The topological polar surface area (TPSA) is 84.8 Å². The van der Waals surface area contributed by atoms with Gasteiger partial charge in [0.25, 0.3) is 5.91 Å². The maximum Gasteiger partial charge on any atom is 0.284 e. The first-order valence-corrected chi connectivity index (χ1v) is 9.56. The van der Waals surface area contributed by atoms with E-state index in [1.807, 2.05) is 42.5 Å². The van der Waals surface area contributed by atoms with E-state index < -0.39 is 5.91 Å². The summed E-state index contributed by atoms with van der Waals surface area (Å²) in [6, 6.07) is 15.1. The smallest absolute Gasteiger partial charge is 0.284 e. The van der Waals surface area contributed by atoms with Crippen molar-refractivity contribution in [1.29, 1.82) is 0 Å². The number of nitrogens with one attached hydrogen (secondary N) is 2. The molecule has 130 valence electrons. The molecule has 6 nitrogen and oxygen atoms in total. The number of carbonyl (C=O) groups excluding carboxylic acids is 1. The van der Waals surface area contributed by atoms with Crippen LogP contribution in [0.3, 0.4) is 0 Å². The first kappa shape index (κ1) is 18.3. The highest BCUT2D eigenvalue weighted by Crippen LogP contribution is 2.27. The van der Waals surface area contributed by atoms with Crippen molar-refractivity contribution in [3.63, 3.8) is 0 Å². The van der Waals surface area contributed by atoms with Crippen molar-refractivity contribution in [1.82, 2.24) is 15.5 Å². The van der Waals surface area contributed by atoms with Crippen molar-refractivity contribution in [2.45, 2.75) is 11.4 Å². The highest BCUT2D eigenvalue weighted by Gasteiger charge is 2.10. The molecule has 0 unspecified atom stereocenters. The zero-order chi connectivity index (χ0) is 17.8. The lowest BCUT2D eigenvalue weighted by Crippen LogP contribution is -2.28. The van der Waals surface area contributed by atoms with Gasteiger partial charge in [-0.05, 0) is 41.3 Å². The molecule has 1 amide bonds. The molecule has 0 saturated carbocycles. The highest BCUT2D eigenvalue weighted by atomic mass is 79.9. The predicted octanol–water partition coefficient (Wildman–Crippen LogP) is 4.19. The van der Waals surface area contributed by atoms with E-state index >= 15 is 0 Å². The third-order valence-electron chi connectivity index (χ3n) is 3.32. The van der Waals surface area contributed by atoms with Gasteiger partial charge in [-0.25, -0.2) is 10.9 Å². The van der Waals surface area contributed by atoms with Crippen LogP contribution in [0.5, 0.6) is 0 Å². The lowest BCUT2D eigenvalue weighted by atomic mass is 10.2. The number of rotatable bonds is 6. The van der Waals surface area contributed by atoms with Crippen molar-refractivity contribution in [3.8, 4) is 0 Å². The van der Waals surface area contributed by atoms with Crippen LogP contribution >= 0.6 is 39.2 Å². The lowest BCUT2D eigenvalue weighted by Gasteiger charge is -2.14. The number of halogens is 1. The summed E-state index contributed by atoms with van der Waals surface area (Å²) in [5.41, 5.74) is 5.49. The second-order valence-corrected chi connectivity index (χ2v) is 8.08. The minimum atomic E-state index is -0.521. The molecule has 2 aromatic carbocycles. The Morgan fingerprint density at radius 1 is 1.24 bits per heavy atom. The van der Waals surface area contributed by atoms with Crippen LogP contribution in [-0.4, -0.2) is 20.9 Å². The number of nitrogens with zero attached hydrogens (tertiary/aromatic N) is 1. The van der Waals surface area contributed by atoms with Gasteiger partial charge in [0, 0.05) is 32.6 Å². The van der Waals surface area contributed by atoms with E-state index in [1.165, 1.54) is 11.3 Å². The lowest BCUT2D eigenvalue weighted by molar-refractivity contribution is -0.0342. The number of fused-ring (bicyclic) bond motifs is 1. The van der Waals surface area contributed by atoms with Crippen LogP contribution in [0.2, 0.25) is 0 Å². The second kappa shape index (κ2) is 8.28. The molecule has 0 atom stereocenters. The summed E-state index contributed by atoms with van der Waals surface area (Å²) in [6.07, 6.45) is 0. The third kappa shape index (κ3) is 4.79. The van der Waals surface area contributed by atoms with Crippen LogP contribution < -0.4 is 10.9 Å². The van der Waals surface area contributed by atoms with Gasteiger partial charge in [0.1, 0.15) is 0 Å². The van der Waals surface area contributed by atoms with Gasteiger partial charge in [-0.1, -0.05) is 38.7 Å². The number of amides is 1. The van der Waals surface area contributed by atoms with Crippen molar-refractivity contribution >= 4 is 55.2 Å². The molecule has 4 N–H and O–H groups in total. The number of hydrogen-bond donors (Lipinski definition) is 4. The predicted molar refractivity (Wildman–Crippen MR) is 102 cm³/mol. The summed E-state index contributed by atoms with van der Waals surface area (Å²) in [7, 11) is 0. The van der Waals surface area contributed by atoms with E-state index in [-0.39, 0.29) is 0 Å². The molecule has 0 spiro atoms. The average Bonchev–Trinajstić information content (AvgIpc) is 3.02. The summed E-state index contributed by atoms with van der Waals surface area (Å²) >= 11 is 5.85. The first-order valence-electron chi connectivity index (χ1n) is 7.18. The minimum absolute atomic E-state index is 0.423. The van der Waals surface area contributed by atoms with Crippen LogP contribution in [0, 0.1) is 0 Å². The van der Waals surface area contributed by atoms with E-state index in [1.54, 1.807) is 11.5 Å². The van der Waals surface area contributed by atoms with Crippen LogP contribution in [0.4, 0.5) is 0 Å². The second-order valence-electron chi connectivity index (χ2n) is 5.08. The fourth-order valence-electron chi connectivity index (χ4n) is 2.17. The van der Waals surface area contributed by atoms with Gasteiger partial charge in [0.15, 0.2) is 0 Å². The molecule has 0 bridgehead atoms. The maximum atomic E-state index is 11.5. The number of hydrazine groups is 1. The van der Waals surface area contributed by atoms with Crippen LogP contribution in [0.15, 0.2) is 57.9 Å². The largest absolute Gasteiger partial charge is 0.289 e. The summed E-state index contributed by atoms with van der Waals surface area (Å²) in [5, 5.41) is 19.6. The maximum absolute atomic E-state index is 11.5. The standard InChI is InChI=1S/C16H14BrN3O3S2/c17-12-2-1-3-13(8-12)25-20(23)18-9-10-4-5-11-7-15(16(21)19-22)24-14(11)6-10/h1-8,18,22-23H,9H2,(H,19,21). The van der Waals surface area contributed by atoms with Crippen molar-refractivity contribution < 1.29 is 15.2 Å². The van der Waals surface area contributed by atoms with Gasteiger partial charge in [0.05, 0.1) is 4.88 Å². The molecule has 0 aliphatic carbocycles. The first-order chi connectivity index (χ1) is 12.0. The van der Waals surface area contributed by atoms with Crippen LogP contribution in [0.1, 0.15) is 15.2 Å². The molecule has 3 rings (SSSR count). The Morgan fingerprint density at radius 2 is 2.08 bits per heavy atom. The van der Waals surface area contributed by atoms with E-state index in [0.717, 1.165) is 41.5 Å². The zero-order valence-electron chi connectivity index (χ0n) is 12.8. The fraction of sp³-hybridized carbons (Fsp3) is 0.0625. The Balaban J connectivity index is 1.63. The molecule has 3 aromatic rings. The summed E-state index contributed by atoms with van der Waals surface area (Å²) in [5.74, 6) is -0.521. The van der Waals surface area contributed by atoms with Crippen molar-refractivity contribution in [3.05, 3.63) is 63.4 Å². The van der Waals surface area contributed by atoms with E-state index in [4.69, 9.17) is 5.21 Å². The number of carbonyl (C=O) groups is 1. The monoisotopic (exact) mass is 439 g/mol. The Labute approximate surface area is 160 Å². The molecule has 9 heteroatoms. The van der Waals surface area contributed by atoms with Gasteiger partial charge >= 0.3 is 0 Å². The molecule has 0 fully saturated rings. The van der Waals surface area contributed by atoms with E-state index in [0.29, 0.717) is 11.4 Å². The number of hydroxylamine groups is 1. The zero-order valence-corrected chi connectivity index (χ0v) is 16.0. The van der Waals surface area contributed by atoms with E-state index in [2.05, 4.69) is 21.4 Å². The number of benzene rings is 2. The Kier molecular flexibility index (Phi) is 6.07. The molecular weight excluding hydrogens is 426 g/mol. The van der Waals surface area contributed by atoms with E-state index in [9.17, 15) is 10.0 Å². The summed E-state index contributed by atoms with van der Waals surface area (Å²) < 4.78 is 2.84. The van der Waals surface area contributed by atoms with Crippen LogP contribution in [0.25, 0.3) is 10.1 Å². The normalized spacial score (nSPS) is 11.2. The fourth-order valence-corrected chi connectivity index (χ4v) is 4.38. The van der Waals surface area contributed by atoms with Crippen LogP contribution in [-0.2, 0) is 6.54 Å². The number of thiophene rings is 1. The molecular formula is C16H14BrN3O3S2. The third-order valence-corrected chi connectivity index (χ3v) is 5.67. The highest BCUT2D eigenvalue weighted by molar-refractivity contribution is 9.10. The SMILES string of the molecule is O=C(NO)c1cc2ccc(CNN(O)Sc3cccc(Br)c3)cc2s1. The Morgan fingerprint density at radius 3 is 2.84 bits per heavy atom.